The van der Waals surface area contributed by atoms with Crippen LogP contribution in [0.4, 0.5) is 0 Å². The molecular weight excluding hydrogens is 372 g/mol. The summed E-state index contributed by atoms with van der Waals surface area (Å²) in [4.78, 5) is 23.7. The smallest absolute Gasteiger partial charge is 0.335 e. The van der Waals surface area contributed by atoms with Gasteiger partial charge in [-0.1, -0.05) is 42.5 Å². The first-order chi connectivity index (χ1) is 14.1. The number of carbonyl (C=O) groups is 2. The average Bonchev–Trinajstić information content (AvgIpc) is 2.74. The molecule has 0 N–H and O–H groups in total. The molecule has 0 fully saturated rings. The zero-order chi connectivity index (χ0) is 20.9. The molecular formula is C23H28O6. The lowest BCUT2D eigenvalue weighted by Gasteiger charge is -2.15. The van der Waals surface area contributed by atoms with Crippen LogP contribution in [-0.4, -0.2) is 37.9 Å². The zero-order valence-electron chi connectivity index (χ0n) is 17.0. The number of benzene rings is 2. The van der Waals surface area contributed by atoms with Crippen molar-refractivity contribution in [3.8, 4) is 5.75 Å². The van der Waals surface area contributed by atoms with Crippen molar-refractivity contribution in [2.75, 3.05) is 19.8 Å². The number of esters is 2. The Kier molecular flexibility index (Phi) is 9.72. The van der Waals surface area contributed by atoms with E-state index in [4.69, 9.17) is 18.9 Å². The molecule has 0 aromatic heterocycles. The normalized spacial score (nSPS) is 11.5. The van der Waals surface area contributed by atoms with Crippen LogP contribution in [0.5, 0.6) is 5.75 Å². The van der Waals surface area contributed by atoms with Crippen molar-refractivity contribution < 1.29 is 28.5 Å². The van der Waals surface area contributed by atoms with Gasteiger partial charge in [-0.3, -0.25) is 4.79 Å². The summed E-state index contributed by atoms with van der Waals surface area (Å²) < 4.78 is 21.3. The summed E-state index contributed by atoms with van der Waals surface area (Å²) in [6, 6.07) is 16.9. The van der Waals surface area contributed by atoms with Crippen molar-refractivity contribution in [1.29, 1.82) is 0 Å². The molecule has 0 spiro atoms. The van der Waals surface area contributed by atoms with Gasteiger partial charge < -0.3 is 18.9 Å². The maximum absolute atomic E-state index is 11.9. The van der Waals surface area contributed by atoms with Gasteiger partial charge in [-0.2, -0.15) is 0 Å². The van der Waals surface area contributed by atoms with Crippen molar-refractivity contribution in [1.82, 2.24) is 0 Å². The minimum atomic E-state index is -0.619. The van der Waals surface area contributed by atoms with E-state index in [0.29, 0.717) is 25.4 Å². The summed E-state index contributed by atoms with van der Waals surface area (Å²) >= 11 is 0. The van der Waals surface area contributed by atoms with Crippen LogP contribution in [0, 0.1) is 0 Å². The summed E-state index contributed by atoms with van der Waals surface area (Å²) in [5.41, 5.74) is 1.89. The Morgan fingerprint density at radius 1 is 0.862 bits per heavy atom. The van der Waals surface area contributed by atoms with Gasteiger partial charge in [0.15, 0.2) is 6.10 Å². The van der Waals surface area contributed by atoms with E-state index in [0.717, 1.165) is 11.1 Å². The van der Waals surface area contributed by atoms with Crippen LogP contribution in [0.1, 0.15) is 31.4 Å². The molecule has 2 aromatic carbocycles. The van der Waals surface area contributed by atoms with Crippen molar-refractivity contribution in [2.24, 2.45) is 0 Å². The van der Waals surface area contributed by atoms with Gasteiger partial charge in [0, 0.05) is 13.0 Å². The van der Waals surface area contributed by atoms with Crippen molar-refractivity contribution >= 4 is 11.9 Å². The fourth-order valence-corrected chi connectivity index (χ4v) is 2.64. The molecule has 2 aromatic rings. The second kappa shape index (κ2) is 12.6. The van der Waals surface area contributed by atoms with Gasteiger partial charge in [-0.15, -0.1) is 0 Å². The first-order valence-electron chi connectivity index (χ1n) is 9.81. The molecule has 1 atom stereocenters. The SMILES string of the molecule is CCOC(=O)[C@@H](Cc1ccc(OCCC(=O)OCc2ccccc2)cc1)OCC. The Hall–Kier alpha value is -2.86. The van der Waals surface area contributed by atoms with E-state index in [1.165, 1.54) is 0 Å². The molecule has 0 saturated heterocycles. The van der Waals surface area contributed by atoms with E-state index in [1.807, 2.05) is 49.4 Å². The first kappa shape index (κ1) is 22.4. The molecule has 0 radical (unpaired) electrons. The Bertz CT molecular complexity index is 742. The van der Waals surface area contributed by atoms with Gasteiger partial charge in [-0.25, -0.2) is 4.79 Å². The van der Waals surface area contributed by atoms with Gasteiger partial charge in [0.05, 0.1) is 19.6 Å². The summed E-state index contributed by atoms with van der Waals surface area (Å²) in [5.74, 6) is -0.0168. The van der Waals surface area contributed by atoms with Crippen LogP contribution in [0.3, 0.4) is 0 Å². The lowest BCUT2D eigenvalue weighted by molar-refractivity contribution is -0.156. The molecule has 0 saturated carbocycles. The van der Waals surface area contributed by atoms with E-state index < -0.39 is 6.10 Å². The number of ether oxygens (including phenoxy) is 4. The van der Waals surface area contributed by atoms with Crippen LogP contribution >= 0.6 is 0 Å². The molecule has 0 aliphatic carbocycles. The standard InChI is InChI=1S/C23H28O6/c1-3-26-21(23(25)27-4-2)16-18-10-12-20(13-11-18)28-15-14-22(24)29-17-19-8-6-5-7-9-19/h5-13,21H,3-4,14-17H2,1-2H3/t21-/m1/s1. The van der Waals surface area contributed by atoms with Gasteiger partial charge in [0.2, 0.25) is 0 Å². The van der Waals surface area contributed by atoms with Crippen LogP contribution < -0.4 is 4.74 Å². The topological polar surface area (TPSA) is 71.1 Å². The predicted octanol–water partition coefficient (Wildman–Crippen LogP) is 3.71. The van der Waals surface area contributed by atoms with E-state index in [-0.39, 0.29) is 31.6 Å². The molecule has 0 amide bonds. The number of hydrogen-bond acceptors (Lipinski definition) is 6. The van der Waals surface area contributed by atoms with Crippen molar-refractivity contribution in [2.45, 2.75) is 39.4 Å². The highest BCUT2D eigenvalue weighted by Gasteiger charge is 2.20. The molecule has 29 heavy (non-hydrogen) atoms. The molecule has 156 valence electrons. The summed E-state index contributed by atoms with van der Waals surface area (Å²) in [7, 11) is 0. The monoisotopic (exact) mass is 400 g/mol. The minimum absolute atomic E-state index is 0.170. The summed E-state index contributed by atoms with van der Waals surface area (Å²) in [6.07, 6.45) is -0.0195. The number of rotatable bonds is 12. The highest BCUT2D eigenvalue weighted by atomic mass is 16.6. The molecule has 0 aliphatic rings. The maximum Gasteiger partial charge on any atom is 0.335 e. The predicted molar refractivity (Wildman–Crippen MR) is 109 cm³/mol. The number of hydrogen-bond donors (Lipinski definition) is 0. The Morgan fingerprint density at radius 3 is 2.24 bits per heavy atom. The summed E-state index contributed by atoms with van der Waals surface area (Å²) in [6.45, 7) is 4.86. The molecule has 2 rings (SSSR count). The quantitative estimate of drug-likeness (QED) is 0.506. The molecule has 6 heteroatoms. The third kappa shape index (κ3) is 8.35. The van der Waals surface area contributed by atoms with Gasteiger partial charge in [0.25, 0.3) is 0 Å². The van der Waals surface area contributed by atoms with Crippen LogP contribution in [-0.2, 0) is 36.8 Å². The third-order valence-corrected chi connectivity index (χ3v) is 4.08. The maximum atomic E-state index is 11.9. The molecule has 0 aliphatic heterocycles. The van der Waals surface area contributed by atoms with Crippen molar-refractivity contribution in [3.63, 3.8) is 0 Å². The second-order valence-electron chi connectivity index (χ2n) is 6.29. The van der Waals surface area contributed by atoms with Gasteiger partial charge in [-0.05, 0) is 37.1 Å². The lowest BCUT2D eigenvalue weighted by atomic mass is 10.1. The zero-order valence-corrected chi connectivity index (χ0v) is 17.0. The molecule has 6 nitrogen and oxygen atoms in total. The Morgan fingerprint density at radius 2 is 1.59 bits per heavy atom. The minimum Gasteiger partial charge on any atom is -0.493 e. The van der Waals surface area contributed by atoms with E-state index >= 15 is 0 Å². The van der Waals surface area contributed by atoms with E-state index in [1.54, 1.807) is 19.1 Å². The van der Waals surface area contributed by atoms with E-state index in [2.05, 4.69) is 0 Å². The number of carbonyl (C=O) groups excluding carboxylic acids is 2. The molecule has 0 bridgehead atoms. The highest BCUT2D eigenvalue weighted by molar-refractivity contribution is 5.75. The van der Waals surface area contributed by atoms with Crippen molar-refractivity contribution in [3.05, 3.63) is 65.7 Å². The average molecular weight is 400 g/mol. The fourth-order valence-electron chi connectivity index (χ4n) is 2.64. The molecule has 0 unspecified atom stereocenters. The third-order valence-electron chi connectivity index (χ3n) is 4.08. The Balaban J connectivity index is 1.73. The van der Waals surface area contributed by atoms with Gasteiger partial charge >= 0.3 is 11.9 Å². The lowest BCUT2D eigenvalue weighted by Crippen LogP contribution is -2.28. The van der Waals surface area contributed by atoms with Crippen LogP contribution in [0.25, 0.3) is 0 Å². The van der Waals surface area contributed by atoms with Crippen LogP contribution in [0.2, 0.25) is 0 Å². The van der Waals surface area contributed by atoms with Gasteiger partial charge in [0.1, 0.15) is 12.4 Å². The second-order valence-corrected chi connectivity index (χ2v) is 6.29. The summed E-state index contributed by atoms with van der Waals surface area (Å²) in [5, 5.41) is 0. The fraction of sp³-hybridized carbons (Fsp3) is 0.391. The first-order valence-corrected chi connectivity index (χ1v) is 9.81. The molecule has 0 heterocycles. The Labute approximate surface area is 171 Å². The van der Waals surface area contributed by atoms with Crippen LogP contribution in [0.15, 0.2) is 54.6 Å². The largest absolute Gasteiger partial charge is 0.493 e. The highest BCUT2D eigenvalue weighted by Crippen LogP contribution is 2.15. The van der Waals surface area contributed by atoms with E-state index in [9.17, 15) is 9.59 Å².